The molecule has 0 aliphatic heterocycles. The first-order valence-corrected chi connectivity index (χ1v) is 6.17. The minimum Gasteiger partial charge on any atom is -0.324 e. The van der Waals surface area contributed by atoms with Gasteiger partial charge in [-0.15, -0.1) is 0 Å². The highest BCUT2D eigenvalue weighted by Gasteiger charge is 2.33. The van der Waals surface area contributed by atoms with Crippen LogP contribution in [0.4, 0.5) is 0 Å². The van der Waals surface area contributed by atoms with Crippen LogP contribution in [0.2, 0.25) is 5.02 Å². The zero-order chi connectivity index (χ0) is 11.6. The Bertz CT molecular complexity index is 361. The van der Waals surface area contributed by atoms with Gasteiger partial charge in [0.25, 0.3) is 0 Å². The molecule has 2 nitrogen and oxygen atoms in total. The van der Waals surface area contributed by atoms with Crippen molar-refractivity contribution < 1.29 is 0 Å². The van der Waals surface area contributed by atoms with Gasteiger partial charge in [0, 0.05) is 23.7 Å². The van der Waals surface area contributed by atoms with Crippen LogP contribution in [0.15, 0.2) is 24.3 Å². The van der Waals surface area contributed by atoms with Gasteiger partial charge in [0.15, 0.2) is 0 Å². The van der Waals surface area contributed by atoms with Crippen molar-refractivity contribution in [2.75, 3.05) is 13.6 Å². The maximum absolute atomic E-state index is 6.22. The lowest BCUT2D eigenvalue weighted by atomic mass is 9.77. The van der Waals surface area contributed by atoms with E-state index < -0.39 is 0 Å². The largest absolute Gasteiger partial charge is 0.324 e. The third-order valence-corrected chi connectivity index (χ3v) is 3.51. The Labute approximate surface area is 102 Å². The predicted molar refractivity (Wildman–Crippen MR) is 68.6 cm³/mol. The van der Waals surface area contributed by atoms with E-state index in [4.69, 9.17) is 17.3 Å². The van der Waals surface area contributed by atoms with Crippen molar-refractivity contribution in [3.8, 4) is 0 Å². The zero-order valence-corrected chi connectivity index (χ0v) is 10.5. The maximum Gasteiger partial charge on any atom is 0.0409 e. The van der Waals surface area contributed by atoms with Gasteiger partial charge in [0.2, 0.25) is 0 Å². The van der Waals surface area contributed by atoms with Gasteiger partial charge < -0.3 is 10.6 Å². The van der Waals surface area contributed by atoms with Crippen molar-refractivity contribution >= 4 is 11.6 Å². The average Bonchev–Trinajstić information content (AvgIpc) is 2.15. The maximum atomic E-state index is 6.22. The van der Waals surface area contributed by atoms with Crippen molar-refractivity contribution in [2.45, 2.75) is 31.3 Å². The topological polar surface area (TPSA) is 29.3 Å². The van der Waals surface area contributed by atoms with Gasteiger partial charge in [-0.05, 0) is 44.0 Å². The van der Waals surface area contributed by atoms with Crippen LogP contribution < -0.4 is 5.73 Å². The molecule has 1 aliphatic carbocycles. The Kier molecular flexibility index (Phi) is 3.53. The fraction of sp³-hybridized carbons (Fsp3) is 0.538. The number of halogens is 1. The molecule has 0 atom stereocenters. The number of hydrogen-bond acceptors (Lipinski definition) is 2. The van der Waals surface area contributed by atoms with E-state index in [1.165, 1.54) is 12.0 Å². The van der Waals surface area contributed by atoms with Gasteiger partial charge in [-0.1, -0.05) is 23.7 Å². The van der Waals surface area contributed by atoms with E-state index >= 15 is 0 Å². The third-order valence-electron chi connectivity index (χ3n) is 3.28. The van der Waals surface area contributed by atoms with Crippen LogP contribution in [0.5, 0.6) is 0 Å². The second-order valence-corrected chi connectivity index (χ2v) is 5.45. The summed E-state index contributed by atoms with van der Waals surface area (Å²) < 4.78 is 0. The van der Waals surface area contributed by atoms with E-state index in [0.29, 0.717) is 0 Å². The van der Waals surface area contributed by atoms with Crippen molar-refractivity contribution in [1.82, 2.24) is 4.90 Å². The summed E-state index contributed by atoms with van der Waals surface area (Å²) >= 11 is 5.96. The minimum atomic E-state index is 0.0628. The van der Waals surface area contributed by atoms with Crippen LogP contribution in [0.25, 0.3) is 0 Å². The van der Waals surface area contributed by atoms with E-state index in [-0.39, 0.29) is 5.54 Å². The lowest BCUT2D eigenvalue weighted by molar-refractivity contribution is 0.161. The zero-order valence-electron chi connectivity index (χ0n) is 9.75. The number of benzene rings is 1. The molecule has 1 aromatic rings. The van der Waals surface area contributed by atoms with Gasteiger partial charge in [-0.2, -0.15) is 0 Å². The van der Waals surface area contributed by atoms with Gasteiger partial charge in [0.05, 0.1) is 0 Å². The molecule has 88 valence electrons. The molecule has 2 N–H and O–H groups in total. The number of nitrogens with two attached hydrogens (primary N) is 1. The van der Waals surface area contributed by atoms with Gasteiger partial charge in [-0.3, -0.25) is 0 Å². The Morgan fingerprint density at radius 1 is 1.44 bits per heavy atom. The second-order valence-electron chi connectivity index (χ2n) is 5.02. The molecule has 0 bridgehead atoms. The molecule has 1 aromatic carbocycles. The molecule has 0 saturated heterocycles. The van der Waals surface area contributed by atoms with E-state index in [9.17, 15) is 0 Å². The third kappa shape index (κ3) is 2.97. The standard InChI is InChI=1S/C13H19ClN2/c1-16(10-13(15)6-3-7-13)9-11-4-2-5-12(14)8-11/h2,4-5,8H,3,6-7,9-10,15H2,1H3. The Balaban J connectivity index is 1.89. The molecular weight excluding hydrogens is 220 g/mol. The highest BCUT2D eigenvalue weighted by molar-refractivity contribution is 6.30. The number of nitrogens with zero attached hydrogens (tertiary/aromatic N) is 1. The summed E-state index contributed by atoms with van der Waals surface area (Å²) in [5.74, 6) is 0. The minimum absolute atomic E-state index is 0.0628. The fourth-order valence-corrected chi connectivity index (χ4v) is 2.54. The molecule has 3 heteroatoms. The average molecular weight is 239 g/mol. The first-order chi connectivity index (χ1) is 7.57. The SMILES string of the molecule is CN(Cc1cccc(Cl)c1)CC1(N)CCC1. The van der Waals surface area contributed by atoms with Crippen molar-refractivity contribution in [3.05, 3.63) is 34.9 Å². The molecular formula is C13H19ClN2. The lowest BCUT2D eigenvalue weighted by Crippen LogP contribution is -2.54. The molecule has 0 aromatic heterocycles. The number of likely N-dealkylation sites (N-methyl/N-ethyl adjacent to an activating group) is 1. The number of hydrogen-bond donors (Lipinski definition) is 1. The highest BCUT2D eigenvalue weighted by atomic mass is 35.5. The number of rotatable bonds is 4. The van der Waals surface area contributed by atoms with E-state index in [2.05, 4.69) is 18.0 Å². The quantitative estimate of drug-likeness (QED) is 0.874. The van der Waals surface area contributed by atoms with Crippen molar-refractivity contribution in [3.63, 3.8) is 0 Å². The molecule has 0 amide bonds. The molecule has 0 spiro atoms. The van der Waals surface area contributed by atoms with Crippen LogP contribution in [-0.2, 0) is 6.54 Å². The molecule has 0 heterocycles. The molecule has 1 aliphatic rings. The van der Waals surface area contributed by atoms with Gasteiger partial charge in [-0.25, -0.2) is 0 Å². The fourth-order valence-electron chi connectivity index (χ4n) is 2.33. The summed E-state index contributed by atoms with van der Waals surface area (Å²) in [6, 6.07) is 8.02. The second kappa shape index (κ2) is 4.74. The van der Waals surface area contributed by atoms with Crippen LogP contribution in [-0.4, -0.2) is 24.0 Å². The van der Waals surface area contributed by atoms with Crippen LogP contribution >= 0.6 is 11.6 Å². The summed E-state index contributed by atoms with van der Waals surface area (Å²) in [6.07, 6.45) is 3.60. The van der Waals surface area contributed by atoms with Gasteiger partial charge in [0.1, 0.15) is 0 Å². The smallest absolute Gasteiger partial charge is 0.0409 e. The molecule has 1 fully saturated rings. The lowest BCUT2D eigenvalue weighted by Gasteiger charge is -2.41. The summed E-state index contributed by atoms with van der Waals surface area (Å²) in [5, 5.41) is 0.803. The Morgan fingerprint density at radius 2 is 2.19 bits per heavy atom. The van der Waals surface area contributed by atoms with Crippen LogP contribution in [0, 0.1) is 0 Å². The van der Waals surface area contributed by atoms with E-state index in [1.807, 2.05) is 18.2 Å². The monoisotopic (exact) mass is 238 g/mol. The summed E-state index contributed by atoms with van der Waals surface area (Å²) in [4.78, 5) is 2.28. The van der Waals surface area contributed by atoms with Crippen molar-refractivity contribution in [2.24, 2.45) is 5.73 Å². The molecule has 2 rings (SSSR count). The van der Waals surface area contributed by atoms with Crippen LogP contribution in [0.3, 0.4) is 0 Å². The summed E-state index contributed by atoms with van der Waals surface area (Å²) in [6.45, 7) is 1.89. The Hall–Kier alpha value is -0.570. The molecule has 1 saturated carbocycles. The summed E-state index contributed by atoms with van der Waals surface area (Å²) in [7, 11) is 2.12. The van der Waals surface area contributed by atoms with Gasteiger partial charge >= 0.3 is 0 Å². The summed E-state index contributed by atoms with van der Waals surface area (Å²) in [5.41, 5.74) is 7.53. The molecule has 16 heavy (non-hydrogen) atoms. The van der Waals surface area contributed by atoms with Crippen molar-refractivity contribution in [1.29, 1.82) is 0 Å². The first-order valence-electron chi connectivity index (χ1n) is 5.79. The molecule has 0 radical (unpaired) electrons. The first kappa shape index (κ1) is 11.9. The van der Waals surface area contributed by atoms with E-state index in [1.54, 1.807) is 0 Å². The Morgan fingerprint density at radius 3 is 2.75 bits per heavy atom. The highest BCUT2D eigenvalue weighted by Crippen LogP contribution is 2.29. The normalized spacial score (nSPS) is 18.5. The van der Waals surface area contributed by atoms with E-state index in [0.717, 1.165) is 31.0 Å². The van der Waals surface area contributed by atoms with Crippen LogP contribution in [0.1, 0.15) is 24.8 Å². The predicted octanol–water partition coefficient (Wildman–Crippen LogP) is 2.65. The molecule has 0 unspecified atom stereocenters.